The van der Waals surface area contributed by atoms with E-state index in [-0.39, 0.29) is 25.0 Å². The number of carbonyl (C=O) groups is 3. The lowest BCUT2D eigenvalue weighted by Gasteiger charge is -2.39. The number of aliphatic hydroxyl groups excluding tert-OH is 1. The third-order valence-electron chi connectivity index (χ3n) is 8.48. The van der Waals surface area contributed by atoms with Crippen molar-refractivity contribution in [2.24, 2.45) is 11.8 Å². The lowest BCUT2D eigenvalue weighted by atomic mass is 9.78. The largest absolute Gasteiger partial charge is 0.461 e. The number of aliphatic hydroxyl groups is 1. The van der Waals surface area contributed by atoms with Crippen molar-refractivity contribution in [3.63, 3.8) is 0 Å². The zero-order valence-electron chi connectivity index (χ0n) is 22.0. The van der Waals surface area contributed by atoms with Crippen LogP contribution in [0.3, 0.4) is 0 Å². The molecule has 4 heterocycles. The van der Waals surface area contributed by atoms with Crippen LogP contribution in [-0.2, 0) is 30.3 Å². The van der Waals surface area contributed by atoms with Crippen LogP contribution >= 0.6 is 0 Å². The maximum absolute atomic E-state index is 14.6. The highest BCUT2D eigenvalue weighted by molar-refractivity contribution is 6.06. The fourth-order valence-electron chi connectivity index (χ4n) is 6.87. The van der Waals surface area contributed by atoms with Crippen LogP contribution in [0.4, 0.5) is 5.69 Å². The normalized spacial score (nSPS) is 30.4. The molecule has 0 radical (unpaired) electrons. The number of hydrogen-bond acceptors (Lipinski definition) is 6. The number of hydrogen-bond donors (Lipinski definition) is 1. The number of amides is 2. The van der Waals surface area contributed by atoms with E-state index in [1.807, 2.05) is 68.5 Å². The van der Waals surface area contributed by atoms with E-state index in [0.717, 1.165) is 22.4 Å². The van der Waals surface area contributed by atoms with Crippen molar-refractivity contribution in [1.82, 2.24) is 4.90 Å². The highest BCUT2D eigenvalue weighted by atomic mass is 16.6. The fourth-order valence-corrected chi connectivity index (χ4v) is 6.87. The van der Waals surface area contributed by atoms with Crippen LogP contribution in [0.2, 0.25) is 0 Å². The second-order valence-corrected chi connectivity index (χ2v) is 10.8. The maximum atomic E-state index is 14.6. The molecular weight excluding hydrogens is 496 g/mol. The summed E-state index contributed by atoms with van der Waals surface area (Å²) in [4.78, 5) is 45.4. The average Bonchev–Trinajstić information content (AvgIpc) is 3.23. The number of esters is 1. The van der Waals surface area contributed by atoms with Crippen LogP contribution in [0.1, 0.15) is 16.7 Å². The van der Waals surface area contributed by atoms with E-state index >= 15 is 0 Å². The van der Waals surface area contributed by atoms with Crippen LogP contribution in [0.25, 0.3) is 0 Å². The van der Waals surface area contributed by atoms with Crippen molar-refractivity contribution in [2.45, 2.75) is 44.1 Å². The summed E-state index contributed by atoms with van der Waals surface area (Å²) in [5, 5.41) is 10.6. The number of para-hydroxylation sites is 1. The van der Waals surface area contributed by atoms with E-state index in [1.54, 1.807) is 23.1 Å². The van der Waals surface area contributed by atoms with E-state index in [2.05, 4.69) is 0 Å². The number of ether oxygens (including phenoxy) is 2. The Morgan fingerprint density at radius 2 is 1.74 bits per heavy atom. The molecule has 2 aromatic carbocycles. The molecule has 6 atom stereocenters. The van der Waals surface area contributed by atoms with Crippen molar-refractivity contribution < 1.29 is 29.0 Å². The summed E-state index contributed by atoms with van der Waals surface area (Å²) in [5.41, 5.74) is 2.21. The van der Waals surface area contributed by atoms with Gasteiger partial charge in [-0.25, -0.2) is 0 Å². The predicted octanol–water partition coefficient (Wildman–Crippen LogP) is 2.50. The average molecular weight is 529 g/mol. The van der Waals surface area contributed by atoms with Crippen LogP contribution in [0.15, 0.2) is 72.8 Å². The number of benzene rings is 2. The van der Waals surface area contributed by atoms with Crippen molar-refractivity contribution in [3.05, 3.63) is 89.5 Å². The van der Waals surface area contributed by atoms with Crippen LogP contribution in [-0.4, -0.2) is 71.3 Å². The molecule has 4 aliphatic rings. The van der Waals surface area contributed by atoms with Gasteiger partial charge in [-0.2, -0.15) is 0 Å². The Hall–Kier alpha value is -3.75. The lowest BCUT2D eigenvalue weighted by Crippen LogP contribution is -2.58. The number of fused-ring (bicyclic) bond motifs is 2. The van der Waals surface area contributed by atoms with Gasteiger partial charge in [0.15, 0.2) is 0 Å². The molecule has 6 rings (SSSR count). The molecule has 0 aliphatic carbocycles. The molecule has 2 aromatic rings. The van der Waals surface area contributed by atoms with Crippen molar-refractivity contribution >= 4 is 23.5 Å². The summed E-state index contributed by atoms with van der Waals surface area (Å²) in [5.74, 6) is -3.03. The number of aryl methyl sites for hydroxylation is 2. The summed E-state index contributed by atoms with van der Waals surface area (Å²) >= 11 is 0. The van der Waals surface area contributed by atoms with Gasteiger partial charge in [0.2, 0.25) is 5.91 Å². The van der Waals surface area contributed by atoms with Gasteiger partial charge in [0.1, 0.15) is 24.2 Å². The van der Waals surface area contributed by atoms with E-state index in [4.69, 9.17) is 9.47 Å². The Bertz CT molecular complexity index is 1350. The number of nitrogens with zero attached hydrogens (tertiary/aromatic N) is 2. The second kappa shape index (κ2) is 9.77. The topological polar surface area (TPSA) is 96.4 Å². The van der Waals surface area contributed by atoms with Gasteiger partial charge in [-0.3, -0.25) is 14.4 Å². The maximum Gasteiger partial charge on any atom is 0.313 e. The summed E-state index contributed by atoms with van der Waals surface area (Å²) < 4.78 is 12.0. The van der Waals surface area contributed by atoms with Gasteiger partial charge in [-0.1, -0.05) is 66.8 Å². The second-order valence-electron chi connectivity index (χ2n) is 10.8. The van der Waals surface area contributed by atoms with Crippen molar-refractivity contribution in [3.8, 4) is 0 Å². The van der Waals surface area contributed by atoms with Gasteiger partial charge >= 0.3 is 5.97 Å². The minimum absolute atomic E-state index is 0.110. The quantitative estimate of drug-likeness (QED) is 0.473. The Morgan fingerprint density at radius 1 is 1.00 bits per heavy atom. The SMILES string of the molecule is Cc1cccc(C)c1N1CC=C[C@]23O[C@H]4C=CCOC(=O)[C@H]4[C@H]2C(=O)N([C@@H](CO)Cc2ccccc2)C3C1=O. The summed E-state index contributed by atoms with van der Waals surface area (Å²) in [6, 6.07) is 13.7. The van der Waals surface area contributed by atoms with Gasteiger partial charge < -0.3 is 24.4 Å². The lowest BCUT2D eigenvalue weighted by molar-refractivity contribution is -0.153. The van der Waals surface area contributed by atoms with E-state index < -0.39 is 41.6 Å². The van der Waals surface area contributed by atoms with E-state index in [9.17, 15) is 19.5 Å². The first-order valence-electron chi connectivity index (χ1n) is 13.4. The van der Waals surface area contributed by atoms with Gasteiger partial charge in [0.05, 0.1) is 24.7 Å². The fraction of sp³-hybridized carbons (Fsp3) is 0.387. The Balaban J connectivity index is 1.50. The van der Waals surface area contributed by atoms with Crippen molar-refractivity contribution in [2.75, 3.05) is 24.7 Å². The minimum Gasteiger partial charge on any atom is -0.461 e. The molecule has 39 heavy (non-hydrogen) atoms. The Labute approximate surface area is 227 Å². The molecule has 1 unspecified atom stereocenters. The van der Waals surface area contributed by atoms with Gasteiger partial charge in [-0.15, -0.1) is 0 Å². The molecule has 1 N–H and O–H groups in total. The van der Waals surface area contributed by atoms with Gasteiger partial charge in [0, 0.05) is 12.2 Å². The smallest absolute Gasteiger partial charge is 0.313 e. The highest BCUT2D eigenvalue weighted by Gasteiger charge is 2.72. The van der Waals surface area contributed by atoms with Gasteiger partial charge in [-0.05, 0) is 43.0 Å². The molecule has 202 valence electrons. The molecule has 8 heteroatoms. The van der Waals surface area contributed by atoms with Crippen LogP contribution < -0.4 is 4.90 Å². The van der Waals surface area contributed by atoms with E-state index in [0.29, 0.717) is 13.0 Å². The number of anilines is 1. The van der Waals surface area contributed by atoms with Crippen molar-refractivity contribution in [1.29, 1.82) is 0 Å². The first-order chi connectivity index (χ1) is 18.9. The standard InChI is InChI=1S/C31H32N2O6/c1-19-9-6-10-20(2)26(19)32-15-8-14-31-25(24-23(39-31)13-7-16-38-30(24)37)28(35)33(27(31)29(32)36)22(18-34)17-21-11-4-3-5-12-21/h3-14,22-25,27,34H,15-18H2,1-2H3/t22-,23+,24-,25+,27?,31+/m1/s1. The first-order valence-corrected chi connectivity index (χ1v) is 13.4. The summed E-state index contributed by atoms with van der Waals surface area (Å²) in [6.45, 7) is 3.96. The molecular formula is C31H32N2O6. The number of cyclic esters (lactones) is 1. The molecule has 0 saturated carbocycles. The molecule has 2 saturated heterocycles. The predicted molar refractivity (Wildman–Crippen MR) is 144 cm³/mol. The molecule has 4 aliphatic heterocycles. The summed E-state index contributed by atoms with van der Waals surface area (Å²) in [7, 11) is 0. The van der Waals surface area contributed by atoms with Gasteiger partial charge in [0.25, 0.3) is 5.91 Å². The third-order valence-corrected chi connectivity index (χ3v) is 8.48. The molecule has 2 fully saturated rings. The Kier molecular flexibility index (Phi) is 6.40. The highest BCUT2D eigenvalue weighted by Crippen LogP contribution is 2.54. The third kappa shape index (κ3) is 3.93. The summed E-state index contributed by atoms with van der Waals surface area (Å²) in [6.07, 6.45) is 6.80. The minimum atomic E-state index is -1.38. The van der Waals surface area contributed by atoms with Crippen LogP contribution in [0.5, 0.6) is 0 Å². The first kappa shape index (κ1) is 25.5. The van der Waals surface area contributed by atoms with E-state index in [1.165, 1.54) is 4.90 Å². The number of carbonyl (C=O) groups excluding carboxylic acids is 3. The molecule has 2 amide bonds. The number of likely N-dealkylation sites (tertiary alicyclic amines) is 1. The molecule has 1 spiro atoms. The monoisotopic (exact) mass is 528 g/mol. The zero-order chi connectivity index (χ0) is 27.3. The Morgan fingerprint density at radius 3 is 2.46 bits per heavy atom. The molecule has 8 nitrogen and oxygen atoms in total. The molecule has 0 bridgehead atoms. The van der Waals surface area contributed by atoms with Crippen LogP contribution in [0, 0.1) is 25.7 Å². The molecule has 0 aromatic heterocycles. The number of rotatable bonds is 5. The zero-order valence-corrected chi connectivity index (χ0v) is 22.0.